The fourth-order valence-electron chi connectivity index (χ4n) is 2.26. The summed E-state index contributed by atoms with van der Waals surface area (Å²) in [6, 6.07) is 7.26. The van der Waals surface area contributed by atoms with Gasteiger partial charge >= 0.3 is 5.97 Å². The first-order valence-corrected chi connectivity index (χ1v) is 9.21. The number of benzene rings is 1. The van der Waals surface area contributed by atoms with Gasteiger partial charge in [-0.3, -0.25) is 0 Å². The van der Waals surface area contributed by atoms with Gasteiger partial charge in [-0.15, -0.1) is 0 Å². The van der Waals surface area contributed by atoms with E-state index in [0.717, 1.165) is 24.1 Å². The molecule has 1 unspecified atom stereocenters. The van der Waals surface area contributed by atoms with E-state index < -0.39 is 11.0 Å². The Balaban J connectivity index is 2.28. The molecule has 2 rings (SSSR count). The number of hydrogen-bond acceptors (Lipinski definition) is 3. The van der Waals surface area contributed by atoms with Crippen LogP contribution in [0.4, 0.5) is 0 Å². The molecule has 1 aromatic rings. The molecule has 0 bridgehead atoms. The van der Waals surface area contributed by atoms with Crippen LogP contribution in [-0.2, 0) is 15.7 Å². The number of hydrogen-bond donors (Lipinski definition) is 0. The molecule has 0 aromatic heterocycles. The van der Waals surface area contributed by atoms with Crippen LogP contribution in [0.15, 0.2) is 28.7 Å². The Labute approximate surface area is 140 Å². The smallest absolute Gasteiger partial charge is 0.338 e. The van der Waals surface area contributed by atoms with Crippen LogP contribution in [0.3, 0.4) is 0 Å². The number of nitrogens with zero attached hydrogens (tertiary/aromatic N) is 1. The highest BCUT2D eigenvalue weighted by Crippen LogP contribution is 2.31. The van der Waals surface area contributed by atoms with Gasteiger partial charge in [-0.05, 0) is 58.2 Å². The summed E-state index contributed by atoms with van der Waals surface area (Å²) in [6.07, 6.45) is 3.35. The lowest BCUT2D eigenvalue weighted by Crippen LogP contribution is -2.27. The Morgan fingerprint density at radius 1 is 1.22 bits per heavy atom. The summed E-state index contributed by atoms with van der Waals surface area (Å²) in [4.78, 5) is 11.7. The van der Waals surface area contributed by atoms with E-state index in [0.29, 0.717) is 18.1 Å². The van der Waals surface area contributed by atoms with E-state index in [1.807, 2.05) is 32.9 Å². The van der Waals surface area contributed by atoms with Gasteiger partial charge in [0.25, 0.3) is 0 Å². The second kappa shape index (κ2) is 7.39. The second-order valence-corrected chi connectivity index (χ2v) is 8.67. The van der Waals surface area contributed by atoms with Gasteiger partial charge in [-0.1, -0.05) is 18.6 Å². The molecule has 1 atom stereocenters. The maximum atomic E-state index is 12.4. The molecule has 4 nitrogen and oxygen atoms in total. The zero-order valence-electron chi connectivity index (χ0n) is 14.3. The maximum absolute atomic E-state index is 12.4. The van der Waals surface area contributed by atoms with Gasteiger partial charge in [0.15, 0.2) is 0 Å². The molecule has 0 saturated heterocycles. The zero-order chi connectivity index (χ0) is 17.0. The van der Waals surface area contributed by atoms with Crippen molar-refractivity contribution in [2.75, 3.05) is 6.61 Å². The Hall–Kier alpha value is -1.49. The minimum Gasteiger partial charge on any atom is -0.462 e. The molecule has 0 amide bonds. The van der Waals surface area contributed by atoms with Crippen LogP contribution >= 0.6 is 0 Å². The van der Waals surface area contributed by atoms with E-state index in [1.165, 1.54) is 6.42 Å². The van der Waals surface area contributed by atoms with Crippen molar-refractivity contribution in [3.63, 3.8) is 0 Å². The van der Waals surface area contributed by atoms with Crippen LogP contribution in [0, 0.1) is 5.92 Å². The summed E-state index contributed by atoms with van der Waals surface area (Å²) in [5, 5.41) is 0. The van der Waals surface area contributed by atoms with Gasteiger partial charge in [0.1, 0.15) is 11.0 Å². The first-order valence-electron chi connectivity index (χ1n) is 8.11. The average Bonchev–Trinajstić information content (AvgIpc) is 2.44. The molecular weight excluding hydrogens is 310 g/mol. The maximum Gasteiger partial charge on any atom is 0.338 e. The molecule has 0 aliphatic heterocycles. The fraction of sp³-hybridized carbons (Fsp3) is 0.556. The molecule has 1 aliphatic rings. The zero-order valence-corrected chi connectivity index (χ0v) is 15.1. The number of carbonyl (C=O) groups excluding carboxylic acids is 1. The van der Waals surface area contributed by atoms with Gasteiger partial charge in [-0.25, -0.2) is 9.00 Å². The summed E-state index contributed by atoms with van der Waals surface area (Å²) in [6.45, 7) is 7.92. The second-order valence-electron chi connectivity index (χ2n) is 6.76. The minimum absolute atomic E-state index is 0.320. The molecule has 1 aliphatic carbocycles. The van der Waals surface area contributed by atoms with Crippen molar-refractivity contribution in [2.45, 2.75) is 51.7 Å². The van der Waals surface area contributed by atoms with Crippen molar-refractivity contribution in [1.29, 1.82) is 0 Å². The molecule has 1 saturated carbocycles. The SMILES string of the molecule is CCOC(=O)c1ccc(C(=NS(=O)C(C)(C)C)C2CCC2)cc1. The van der Waals surface area contributed by atoms with Gasteiger partial charge in [-0.2, -0.15) is 4.40 Å². The first-order chi connectivity index (χ1) is 10.8. The van der Waals surface area contributed by atoms with Crippen LogP contribution in [0.25, 0.3) is 0 Å². The molecule has 0 heterocycles. The topological polar surface area (TPSA) is 55.7 Å². The van der Waals surface area contributed by atoms with Crippen molar-refractivity contribution in [3.05, 3.63) is 35.4 Å². The summed E-state index contributed by atoms with van der Waals surface area (Å²) in [5.41, 5.74) is 2.38. The van der Waals surface area contributed by atoms with E-state index in [2.05, 4.69) is 4.40 Å². The lowest BCUT2D eigenvalue weighted by molar-refractivity contribution is 0.0526. The third-order valence-corrected chi connectivity index (χ3v) is 5.30. The highest BCUT2D eigenvalue weighted by molar-refractivity contribution is 7.85. The largest absolute Gasteiger partial charge is 0.462 e. The predicted molar refractivity (Wildman–Crippen MR) is 94.2 cm³/mol. The molecule has 23 heavy (non-hydrogen) atoms. The van der Waals surface area contributed by atoms with E-state index in [-0.39, 0.29) is 10.7 Å². The van der Waals surface area contributed by atoms with Crippen molar-refractivity contribution in [3.8, 4) is 0 Å². The van der Waals surface area contributed by atoms with Gasteiger partial charge in [0.05, 0.1) is 22.6 Å². The minimum atomic E-state index is -1.28. The van der Waals surface area contributed by atoms with E-state index in [1.54, 1.807) is 19.1 Å². The molecule has 1 fully saturated rings. The Morgan fingerprint density at radius 2 is 1.78 bits per heavy atom. The van der Waals surface area contributed by atoms with Crippen LogP contribution in [-0.4, -0.2) is 27.2 Å². The highest BCUT2D eigenvalue weighted by Gasteiger charge is 2.27. The molecule has 0 N–H and O–H groups in total. The van der Waals surface area contributed by atoms with Crippen molar-refractivity contribution >= 4 is 22.7 Å². The number of esters is 1. The Bertz CT molecular complexity index is 610. The normalized spacial score (nSPS) is 17.5. The molecule has 0 radical (unpaired) electrons. The molecular formula is C18H25NO3S. The standard InChI is InChI=1S/C18H25NO3S/c1-5-22-17(20)15-11-9-14(10-12-15)16(13-7-6-8-13)19-23(21)18(2,3)4/h9-13H,5-8H2,1-4H3. The van der Waals surface area contributed by atoms with Gasteiger partial charge in [0, 0.05) is 5.92 Å². The van der Waals surface area contributed by atoms with Gasteiger partial charge < -0.3 is 4.74 Å². The average molecular weight is 335 g/mol. The van der Waals surface area contributed by atoms with Crippen LogP contribution < -0.4 is 0 Å². The third kappa shape index (κ3) is 4.50. The molecule has 1 aromatic carbocycles. The van der Waals surface area contributed by atoms with Crippen LogP contribution in [0.2, 0.25) is 0 Å². The van der Waals surface area contributed by atoms with Crippen molar-refractivity contribution < 1.29 is 13.7 Å². The third-order valence-electron chi connectivity index (χ3n) is 3.89. The number of ether oxygens (including phenoxy) is 1. The summed E-state index contributed by atoms with van der Waals surface area (Å²) in [7, 11) is -1.28. The molecule has 126 valence electrons. The lowest BCUT2D eigenvalue weighted by Gasteiger charge is -2.28. The summed E-state index contributed by atoms with van der Waals surface area (Å²) >= 11 is 0. The summed E-state index contributed by atoms with van der Waals surface area (Å²) < 4.78 is 21.6. The quantitative estimate of drug-likeness (QED) is 0.605. The lowest BCUT2D eigenvalue weighted by atomic mass is 9.79. The van der Waals surface area contributed by atoms with E-state index in [4.69, 9.17) is 4.74 Å². The monoisotopic (exact) mass is 335 g/mol. The van der Waals surface area contributed by atoms with E-state index >= 15 is 0 Å². The Morgan fingerprint density at radius 3 is 2.22 bits per heavy atom. The first kappa shape index (κ1) is 17.9. The molecule has 0 spiro atoms. The van der Waals surface area contributed by atoms with E-state index in [9.17, 15) is 9.00 Å². The number of rotatable bonds is 5. The van der Waals surface area contributed by atoms with Crippen molar-refractivity contribution in [1.82, 2.24) is 0 Å². The highest BCUT2D eigenvalue weighted by atomic mass is 32.2. The van der Waals surface area contributed by atoms with Crippen LogP contribution in [0.1, 0.15) is 62.9 Å². The fourth-order valence-corrected chi connectivity index (χ4v) is 2.97. The number of carbonyl (C=O) groups is 1. The molecule has 5 heteroatoms. The predicted octanol–water partition coefficient (Wildman–Crippen LogP) is 3.91. The van der Waals surface area contributed by atoms with Crippen molar-refractivity contribution in [2.24, 2.45) is 10.3 Å². The summed E-state index contributed by atoms with van der Waals surface area (Å²) in [5.74, 6) is 0.0502. The van der Waals surface area contributed by atoms with Crippen LogP contribution in [0.5, 0.6) is 0 Å². The Kier molecular flexibility index (Phi) is 5.74. The van der Waals surface area contributed by atoms with Gasteiger partial charge in [0.2, 0.25) is 0 Å².